The molecule has 0 aromatic rings. The van der Waals surface area contributed by atoms with E-state index in [9.17, 15) is 4.79 Å². The first-order chi connectivity index (χ1) is 7.63. The Labute approximate surface area is 103 Å². The van der Waals surface area contributed by atoms with E-state index < -0.39 is 0 Å². The fraction of sp³-hybridized carbons (Fsp3) is 0.917. The largest absolute Gasteiger partial charge is 0.354 e. The molecule has 0 spiro atoms. The molecule has 0 saturated heterocycles. The maximum atomic E-state index is 11.8. The SMILES string of the molecule is CSC1(CNC(=O)C(C)CCN)CCCC1. The predicted octanol–water partition coefficient (Wildman–Crippen LogP) is 1.76. The van der Waals surface area contributed by atoms with E-state index >= 15 is 0 Å². The van der Waals surface area contributed by atoms with Gasteiger partial charge in [0.2, 0.25) is 5.91 Å². The quantitative estimate of drug-likeness (QED) is 0.748. The number of nitrogens with one attached hydrogen (secondary N) is 1. The van der Waals surface area contributed by atoms with Crippen molar-refractivity contribution in [3.05, 3.63) is 0 Å². The van der Waals surface area contributed by atoms with Gasteiger partial charge in [0.1, 0.15) is 0 Å². The van der Waals surface area contributed by atoms with E-state index in [1.54, 1.807) is 0 Å². The van der Waals surface area contributed by atoms with Crippen molar-refractivity contribution in [1.29, 1.82) is 0 Å². The average Bonchev–Trinajstić information content (AvgIpc) is 2.75. The summed E-state index contributed by atoms with van der Waals surface area (Å²) < 4.78 is 0.304. The normalized spacial score (nSPS) is 20.7. The van der Waals surface area contributed by atoms with Crippen LogP contribution in [0.1, 0.15) is 39.0 Å². The van der Waals surface area contributed by atoms with Crippen molar-refractivity contribution >= 4 is 17.7 Å². The molecular formula is C12H24N2OS. The average molecular weight is 244 g/mol. The number of carbonyl (C=O) groups excluding carboxylic acids is 1. The van der Waals surface area contributed by atoms with Crippen LogP contribution in [0.4, 0.5) is 0 Å². The number of nitrogens with two attached hydrogens (primary N) is 1. The predicted molar refractivity (Wildman–Crippen MR) is 70.6 cm³/mol. The number of hydrogen-bond acceptors (Lipinski definition) is 3. The van der Waals surface area contributed by atoms with E-state index in [0.29, 0.717) is 11.3 Å². The second-order valence-electron chi connectivity index (χ2n) is 4.79. The highest BCUT2D eigenvalue weighted by molar-refractivity contribution is 8.00. The Morgan fingerprint density at radius 1 is 1.50 bits per heavy atom. The van der Waals surface area contributed by atoms with Gasteiger partial charge in [-0.2, -0.15) is 11.8 Å². The van der Waals surface area contributed by atoms with Gasteiger partial charge >= 0.3 is 0 Å². The van der Waals surface area contributed by atoms with E-state index in [4.69, 9.17) is 5.73 Å². The maximum Gasteiger partial charge on any atom is 0.222 e. The molecule has 1 aliphatic rings. The number of carbonyl (C=O) groups is 1. The zero-order chi connectivity index (χ0) is 12.0. The van der Waals surface area contributed by atoms with Crippen molar-refractivity contribution < 1.29 is 4.79 Å². The molecule has 94 valence electrons. The smallest absolute Gasteiger partial charge is 0.222 e. The Hall–Kier alpha value is -0.220. The van der Waals surface area contributed by atoms with Gasteiger partial charge in [-0.05, 0) is 32.1 Å². The molecule has 1 rings (SSSR count). The Balaban J connectivity index is 2.35. The van der Waals surface area contributed by atoms with Crippen molar-refractivity contribution in [2.75, 3.05) is 19.3 Å². The summed E-state index contributed by atoms with van der Waals surface area (Å²) >= 11 is 1.91. The highest BCUT2D eigenvalue weighted by Crippen LogP contribution is 2.39. The van der Waals surface area contributed by atoms with E-state index in [0.717, 1.165) is 13.0 Å². The van der Waals surface area contributed by atoms with Crippen molar-refractivity contribution in [2.24, 2.45) is 11.7 Å². The molecule has 1 unspecified atom stereocenters. The lowest BCUT2D eigenvalue weighted by Crippen LogP contribution is -2.40. The van der Waals surface area contributed by atoms with Crippen molar-refractivity contribution in [3.8, 4) is 0 Å². The van der Waals surface area contributed by atoms with E-state index in [1.807, 2.05) is 18.7 Å². The van der Waals surface area contributed by atoms with Crippen LogP contribution in [0, 0.1) is 5.92 Å². The van der Waals surface area contributed by atoms with E-state index in [1.165, 1.54) is 25.7 Å². The summed E-state index contributed by atoms with van der Waals surface area (Å²) in [6.45, 7) is 3.35. The lowest BCUT2D eigenvalue weighted by Gasteiger charge is -2.27. The van der Waals surface area contributed by atoms with Gasteiger partial charge < -0.3 is 11.1 Å². The summed E-state index contributed by atoms with van der Waals surface area (Å²) in [4.78, 5) is 11.8. The van der Waals surface area contributed by atoms with Gasteiger partial charge in [-0.15, -0.1) is 0 Å². The summed E-state index contributed by atoms with van der Waals surface area (Å²) in [5.41, 5.74) is 5.45. The first kappa shape index (κ1) is 13.8. The summed E-state index contributed by atoms with van der Waals surface area (Å²) in [6, 6.07) is 0. The fourth-order valence-corrected chi connectivity index (χ4v) is 3.19. The van der Waals surface area contributed by atoms with Gasteiger partial charge in [0.25, 0.3) is 0 Å². The van der Waals surface area contributed by atoms with Crippen LogP contribution in [0.15, 0.2) is 0 Å². The highest BCUT2D eigenvalue weighted by Gasteiger charge is 2.33. The molecule has 3 N–H and O–H groups in total. The summed E-state index contributed by atoms with van der Waals surface area (Å²) in [6.07, 6.45) is 8.00. The summed E-state index contributed by atoms with van der Waals surface area (Å²) in [5, 5.41) is 3.09. The van der Waals surface area contributed by atoms with Gasteiger partial charge in [0.05, 0.1) is 0 Å². The van der Waals surface area contributed by atoms with E-state index in [2.05, 4.69) is 11.6 Å². The molecule has 1 atom stereocenters. The molecule has 1 aliphatic carbocycles. The lowest BCUT2D eigenvalue weighted by molar-refractivity contribution is -0.124. The Bertz CT molecular complexity index is 227. The van der Waals surface area contributed by atoms with Gasteiger partial charge in [-0.3, -0.25) is 4.79 Å². The zero-order valence-corrected chi connectivity index (χ0v) is 11.2. The third-order valence-corrected chi connectivity index (χ3v) is 5.00. The standard InChI is InChI=1S/C12H24N2OS/c1-10(5-8-13)11(15)14-9-12(16-2)6-3-4-7-12/h10H,3-9,13H2,1-2H3,(H,14,15). The van der Waals surface area contributed by atoms with Crippen molar-refractivity contribution in [3.63, 3.8) is 0 Å². The van der Waals surface area contributed by atoms with Crippen LogP contribution in [0.2, 0.25) is 0 Å². The third-order valence-electron chi connectivity index (χ3n) is 3.58. The molecular weight excluding hydrogens is 220 g/mol. The van der Waals surface area contributed by atoms with Gasteiger partial charge in [-0.1, -0.05) is 19.8 Å². The molecule has 4 heteroatoms. The molecule has 1 fully saturated rings. The van der Waals surface area contributed by atoms with Crippen molar-refractivity contribution in [1.82, 2.24) is 5.32 Å². The Kier molecular flexibility index (Phi) is 5.62. The summed E-state index contributed by atoms with van der Waals surface area (Å²) in [5.74, 6) is 0.205. The minimum absolute atomic E-state index is 0.0466. The molecule has 0 aliphatic heterocycles. The monoisotopic (exact) mass is 244 g/mol. The Morgan fingerprint density at radius 3 is 2.62 bits per heavy atom. The van der Waals surface area contributed by atoms with Crippen LogP contribution in [0.25, 0.3) is 0 Å². The molecule has 0 heterocycles. The molecule has 0 radical (unpaired) electrons. The first-order valence-corrected chi connectivity index (χ1v) is 7.39. The zero-order valence-electron chi connectivity index (χ0n) is 10.4. The first-order valence-electron chi connectivity index (χ1n) is 6.16. The van der Waals surface area contributed by atoms with Gasteiger partial charge in [0, 0.05) is 17.2 Å². The molecule has 0 bridgehead atoms. The number of thioether (sulfide) groups is 1. The van der Waals surface area contributed by atoms with Crippen LogP contribution in [-0.2, 0) is 4.79 Å². The van der Waals surface area contributed by atoms with Gasteiger partial charge in [-0.25, -0.2) is 0 Å². The van der Waals surface area contributed by atoms with Crippen LogP contribution >= 0.6 is 11.8 Å². The molecule has 1 saturated carbocycles. The molecule has 0 aromatic carbocycles. The van der Waals surface area contributed by atoms with Crippen LogP contribution in [0.5, 0.6) is 0 Å². The molecule has 1 amide bonds. The summed E-state index contributed by atoms with van der Waals surface area (Å²) in [7, 11) is 0. The molecule has 3 nitrogen and oxygen atoms in total. The minimum Gasteiger partial charge on any atom is -0.354 e. The van der Waals surface area contributed by atoms with Crippen LogP contribution < -0.4 is 11.1 Å². The number of amides is 1. The Morgan fingerprint density at radius 2 is 2.12 bits per heavy atom. The fourth-order valence-electron chi connectivity index (χ4n) is 2.28. The molecule has 0 aromatic heterocycles. The second-order valence-corrected chi connectivity index (χ2v) is 6.06. The number of rotatable bonds is 6. The third kappa shape index (κ3) is 3.67. The van der Waals surface area contributed by atoms with E-state index in [-0.39, 0.29) is 11.8 Å². The lowest BCUT2D eigenvalue weighted by atomic mass is 10.0. The van der Waals surface area contributed by atoms with Gasteiger partial charge in [0.15, 0.2) is 0 Å². The topological polar surface area (TPSA) is 55.1 Å². The second kappa shape index (κ2) is 6.50. The maximum absolute atomic E-state index is 11.8. The van der Waals surface area contributed by atoms with Crippen LogP contribution in [0.3, 0.4) is 0 Å². The number of hydrogen-bond donors (Lipinski definition) is 2. The van der Waals surface area contributed by atoms with Crippen LogP contribution in [-0.4, -0.2) is 30.0 Å². The minimum atomic E-state index is 0.0466. The highest BCUT2D eigenvalue weighted by atomic mass is 32.2. The van der Waals surface area contributed by atoms with Crippen molar-refractivity contribution in [2.45, 2.75) is 43.8 Å². The molecule has 16 heavy (non-hydrogen) atoms.